The van der Waals surface area contributed by atoms with Crippen molar-refractivity contribution in [1.82, 2.24) is 21.5 Å². The molecule has 1 heterocycles. The molecule has 5 aromatic carbocycles. The fourth-order valence-electron chi connectivity index (χ4n) is 7.57. The lowest BCUT2D eigenvalue weighted by Gasteiger charge is -2.30. The van der Waals surface area contributed by atoms with Gasteiger partial charge < -0.3 is 0 Å². The Bertz CT molecular complexity index is 2870. The third-order valence-electron chi connectivity index (χ3n) is 11.7. The van der Waals surface area contributed by atoms with Crippen molar-refractivity contribution in [1.29, 1.82) is 0 Å². The zero-order valence-electron chi connectivity index (χ0n) is 38.4. The van der Waals surface area contributed by atoms with Crippen LogP contribution in [0.1, 0.15) is 40.7 Å². The number of hydrogen-bond acceptors (Lipinski definition) is 10. The molecule has 0 spiro atoms. The molecule has 0 amide bonds. The molecule has 0 aliphatic carbocycles. The van der Waals surface area contributed by atoms with Gasteiger partial charge in [0.25, 0.3) is 0 Å². The first kappa shape index (κ1) is 52.0. The molecule has 0 saturated carbocycles. The van der Waals surface area contributed by atoms with Gasteiger partial charge >= 0.3 is 0 Å². The van der Waals surface area contributed by atoms with Crippen LogP contribution in [-0.4, -0.2) is 129 Å². The Morgan fingerprint density at radius 2 is 0.373 bits per heavy atom. The van der Waals surface area contributed by atoms with Crippen LogP contribution in [0.2, 0.25) is 0 Å². The predicted octanol–water partition coefficient (Wildman–Crippen LogP) is 5.78. The summed E-state index contributed by atoms with van der Waals surface area (Å²) in [7, 11) is -21.7. The van der Waals surface area contributed by atoms with Gasteiger partial charge in [0, 0.05) is 65.4 Å². The molecule has 0 aromatic heterocycles. The molecule has 5 aromatic rings. The van der Waals surface area contributed by atoms with E-state index in [1.165, 1.54) is 60.7 Å². The van der Waals surface area contributed by atoms with Crippen LogP contribution in [-0.2, 0) is 50.1 Å². The van der Waals surface area contributed by atoms with Gasteiger partial charge in [-0.2, -0.15) is 21.5 Å². The lowest BCUT2D eigenvalue weighted by atomic mass is 10.2. The van der Waals surface area contributed by atoms with Gasteiger partial charge in [-0.25, -0.2) is 42.1 Å². The summed E-state index contributed by atoms with van der Waals surface area (Å²) in [5, 5.41) is 0. The monoisotopic (exact) mass is 1010 g/mol. The second-order valence-electron chi connectivity index (χ2n) is 16.8. The highest BCUT2D eigenvalue weighted by atomic mass is 32.2. The van der Waals surface area contributed by atoms with Crippen molar-refractivity contribution < 1.29 is 42.1 Å². The molecule has 0 unspecified atom stereocenters. The summed E-state index contributed by atoms with van der Waals surface area (Å²) in [4.78, 5) is -0.300. The highest BCUT2D eigenvalue weighted by Gasteiger charge is 2.34. The largest absolute Gasteiger partial charge is 0.243 e. The molecule has 6 rings (SSSR count). The minimum absolute atomic E-state index is 0.0463. The minimum atomic E-state index is -4.39. The second kappa shape index (κ2) is 21.5. The van der Waals surface area contributed by atoms with Gasteiger partial charge in [-0.15, -0.1) is 0 Å². The number of benzene rings is 5. The van der Waals surface area contributed by atoms with Gasteiger partial charge in [0.2, 0.25) is 50.1 Å². The molecule has 1 fully saturated rings. The first-order valence-electron chi connectivity index (χ1n) is 21.9. The van der Waals surface area contributed by atoms with Crippen LogP contribution in [0.25, 0.3) is 0 Å². The number of rotatable bonds is 10. The minimum Gasteiger partial charge on any atom is -0.207 e. The van der Waals surface area contributed by atoms with Crippen molar-refractivity contribution in [3.8, 4) is 0 Å². The summed E-state index contributed by atoms with van der Waals surface area (Å²) in [6, 6.07) is 30.8. The topological polar surface area (TPSA) is 187 Å². The van der Waals surface area contributed by atoms with Crippen LogP contribution in [0.3, 0.4) is 0 Å². The zero-order chi connectivity index (χ0) is 48.8. The summed E-state index contributed by atoms with van der Waals surface area (Å²) in [5.74, 6) is 0. The molecule has 362 valence electrons. The highest BCUT2D eigenvalue weighted by molar-refractivity contribution is 7.90. The number of hydrogen-bond donors (Lipinski definition) is 0. The standard InChI is InChI=1S/C47H59N5O10S5/c1-38-8-18-43(19-9-38)63(53,54)48-28-6-30-50(65(57,58)45-22-12-40(3)13-23-45)34-36-52(67(61,62)47-26-16-42(5)17-27-47)37-35-51(66(59,60)46-24-14-41(4)15-25-46)31-7-29-49(33-32-48)64(55,56)44-20-10-39(2)11-21-44/h8-27H,6-7,28-37H2,1-5H3. The molecule has 15 nitrogen and oxygen atoms in total. The van der Waals surface area contributed by atoms with Crippen LogP contribution in [0, 0.1) is 34.6 Å². The number of sulfonamides is 5. The Labute approximate surface area is 397 Å². The van der Waals surface area contributed by atoms with Gasteiger partial charge in [-0.1, -0.05) is 88.5 Å². The summed E-state index contributed by atoms with van der Waals surface area (Å²) in [6.07, 6.45) is -0.123. The van der Waals surface area contributed by atoms with E-state index in [1.54, 1.807) is 81.4 Å². The first-order chi connectivity index (χ1) is 31.5. The van der Waals surface area contributed by atoms with Crippen LogP contribution in [0.5, 0.6) is 0 Å². The smallest absolute Gasteiger partial charge is 0.207 e. The van der Waals surface area contributed by atoms with E-state index in [1.807, 2.05) is 13.8 Å². The fourth-order valence-corrected chi connectivity index (χ4v) is 14.9. The summed E-state index contributed by atoms with van der Waals surface area (Å²) < 4.78 is 151. The molecular weight excluding hydrogens is 955 g/mol. The van der Waals surface area contributed by atoms with E-state index in [4.69, 9.17) is 0 Å². The van der Waals surface area contributed by atoms with E-state index in [2.05, 4.69) is 0 Å². The molecule has 20 heteroatoms. The maximum absolute atomic E-state index is 14.6. The molecule has 67 heavy (non-hydrogen) atoms. The van der Waals surface area contributed by atoms with Gasteiger partial charge in [0.05, 0.1) is 24.5 Å². The lowest BCUT2D eigenvalue weighted by molar-refractivity contribution is 0.309. The Hall–Kier alpha value is -4.35. The molecule has 1 saturated heterocycles. The fraction of sp³-hybridized carbons (Fsp3) is 0.362. The molecule has 0 bridgehead atoms. The third-order valence-corrected chi connectivity index (χ3v) is 21.3. The SMILES string of the molecule is Cc1ccc(S(=O)(=O)N2CCCN(S(=O)(=O)c3ccc(C)cc3)CCN(S(=O)(=O)c3ccc(C)cc3)CCN(S(=O)(=O)c3ccc(C)cc3)CCCN(S(=O)(=O)c3ccc(C)cc3)CC2)cc1. The molecule has 1 aliphatic rings. The Morgan fingerprint density at radius 1 is 0.239 bits per heavy atom. The molecular formula is C47H59N5O10S5. The van der Waals surface area contributed by atoms with Crippen molar-refractivity contribution in [3.05, 3.63) is 149 Å². The average Bonchev–Trinajstić information content (AvgIpc) is 3.28. The number of aryl methyl sites for hydroxylation is 5. The van der Waals surface area contributed by atoms with Crippen LogP contribution < -0.4 is 0 Å². The van der Waals surface area contributed by atoms with Crippen molar-refractivity contribution in [2.24, 2.45) is 0 Å². The highest BCUT2D eigenvalue weighted by Crippen LogP contribution is 2.25. The normalized spacial score (nSPS) is 17.5. The lowest BCUT2D eigenvalue weighted by Crippen LogP contribution is -2.45. The Balaban J connectivity index is 1.48. The van der Waals surface area contributed by atoms with Crippen molar-refractivity contribution in [3.63, 3.8) is 0 Å². The van der Waals surface area contributed by atoms with E-state index >= 15 is 0 Å². The van der Waals surface area contributed by atoms with Crippen molar-refractivity contribution >= 4 is 50.1 Å². The predicted molar refractivity (Wildman–Crippen MR) is 259 cm³/mol. The van der Waals surface area contributed by atoms with E-state index in [0.717, 1.165) is 49.3 Å². The van der Waals surface area contributed by atoms with Crippen LogP contribution >= 0.6 is 0 Å². The van der Waals surface area contributed by atoms with E-state index in [0.29, 0.717) is 0 Å². The number of nitrogens with zero attached hydrogens (tertiary/aromatic N) is 5. The van der Waals surface area contributed by atoms with Crippen molar-refractivity contribution in [2.45, 2.75) is 71.9 Å². The second-order valence-corrected chi connectivity index (χ2v) is 26.5. The van der Waals surface area contributed by atoms with Gasteiger partial charge in [-0.05, 0) is 108 Å². The average molecular weight is 1010 g/mol. The third kappa shape index (κ3) is 12.5. The van der Waals surface area contributed by atoms with E-state index in [9.17, 15) is 42.1 Å². The maximum atomic E-state index is 14.6. The van der Waals surface area contributed by atoms with Crippen molar-refractivity contribution in [2.75, 3.05) is 65.4 Å². The maximum Gasteiger partial charge on any atom is 0.243 e. The molecule has 1 aliphatic heterocycles. The summed E-state index contributed by atoms with van der Waals surface area (Å²) >= 11 is 0. The Kier molecular flexibility index (Phi) is 16.7. The van der Waals surface area contributed by atoms with Gasteiger partial charge in [0.15, 0.2) is 0 Å². The van der Waals surface area contributed by atoms with Crippen LogP contribution in [0.15, 0.2) is 146 Å². The Morgan fingerprint density at radius 3 is 0.522 bits per heavy atom. The van der Waals surface area contributed by atoms with E-state index < -0.39 is 63.2 Å². The van der Waals surface area contributed by atoms with Crippen LogP contribution in [0.4, 0.5) is 0 Å². The zero-order valence-corrected chi connectivity index (χ0v) is 42.5. The van der Waals surface area contributed by atoms with Gasteiger partial charge in [-0.3, -0.25) is 0 Å². The summed E-state index contributed by atoms with van der Waals surface area (Å²) in [5.41, 5.74) is 4.03. The summed E-state index contributed by atoms with van der Waals surface area (Å²) in [6.45, 7) is 5.83. The first-order valence-corrected chi connectivity index (χ1v) is 29.1. The molecule has 0 N–H and O–H groups in total. The molecule has 0 radical (unpaired) electrons. The molecule has 0 atom stereocenters. The van der Waals surface area contributed by atoms with Gasteiger partial charge in [0.1, 0.15) is 0 Å². The quantitative estimate of drug-likeness (QED) is 0.166. The van der Waals surface area contributed by atoms with E-state index in [-0.39, 0.29) is 89.7 Å².